The number of aliphatic hydroxyl groups excluding tert-OH is 5. The second-order valence-electron chi connectivity index (χ2n) is 5.84. The zero-order valence-electron chi connectivity index (χ0n) is 12.5. The van der Waals surface area contributed by atoms with E-state index in [0.717, 1.165) is 4.57 Å². The number of ether oxygens (including phenoxy) is 2. The van der Waals surface area contributed by atoms with Crippen molar-refractivity contribution in [3.63, 3.8) is 0 Å². The van der Waals surface area contributed by atoms with Gasteiger partial charge in [-0.15, -0.1) is 0 Å². The fraction of sp³-hybridized carbons (Fsp3) is 0.692. The van der Waals surface area contributed by atoms with E-state index in [1.54, 1.807) is 0 Å². The van der Waals surface area contributed by atoms with E-state index in [9.17, 15) is 30.3 Å². The van der Waals surface area contributed by atoms with Crippen molar-refractivity contribution in [3.8, 4) is 0 Å². The van der Waals surface area contributed by atoms with Crippen molar-refractivity contribution in [3.05, 3.63) is 22.7 Å². The highest BCUT2D eigenvalue weighted by molar-refractivity contribution is 5.24. The molecular formula is C13H19N3O8. The molecule has 11 heteroatoms. The molecule has 0 spiro atoms. The molecule has 1 aromatic rings. The average molecular weight is 345 g/mol. The molecule has 0 aromatic carbocycles. The molecule has 3 heterocycles. The Morgan fingerprint density at radius 1 is 1.33 bits per heavy atom. The zero-order chi connectivity index (χ0) is 17.6. The van der Waals surface area contributed by atoms with Gasteiger partial charge in [0.2, 0.25) is 5.72 Å². The maximum absolute atomic E-state index is 12.3. The predicted molar refractivity (Wildman–Crippen MR) is 76.6 cm³/mol. The number of hydrogen-bond acceptors (Lipinski definition) is 10. The SMILES string of the molecule is Nc1ccn([C@]2(C3OC[C@@H](O)[C@@H]3O)O[C@H](CO)[C@@H](O)[C@H]2O)c(=O)n1. The van der Waals surface area contributed by atoms with Crippen LogP contribution in [0, 0.1) is 0 Å². The van der Waals surface area contributed by atoms with Gasteiger partial charge in [-0.2, -0.15) is 4.98 Å². The molecule has 2 aliphatic rings. The van der Waals surface area contributed by atoms with Gasteiger partial charge >= 0.3 is 5.69 Å². The van der Waals surface area contributed by atoms with Crippen molar-refractivity contribution in [1.29, 1.82) is 0 Å². The lowest BCUT2D eigenvalue weighted by Crippen LogP contribution is -2.61. The molecule has 0 saturated carbocycles. The molecule has 3 rings (SSSR count). The lowest BCUT2D eigenvalue weighted by Gasteiger charge is -2.39. The van der Waals surface area contributed by atoms with Crippen LogP contribution in [0.3, 0.4) is 0 Å². The molecule has 2 saturated heterocycles. The van der Waals surface area contributed by atoms with Gasteiger partial charge in [0, 0.05) is 6.20 Å². The van der Waals surface area contributed by atoms with Gasteiger partial charge in [0.25, 0.3) is 0 Å². The van der Waals surface area contributed by atoms with Crippen molar-refractivity contribution >= 4 is 5.82 Å². The highest BCUT2D eigenvalue weighted by atomic mass is 16.6. The fourth-order valence-corrected chi connectivity index (χ4v) is 3.19. The maximum Gasteiger partial charge on any atom is 0.352 e. The van der Waals surface area contributed by atoms with Crippen molar-refractivity contribution in [1.82, 2.24) is 9.55 Å². The third kappa shape index (κ3) is 2.33. The quantitative estimate of drug-likeness (QED) is 0.314. The summed E-state index contributed by atoms with van der Waals surface area (Å²) in [5, 5.41) is 49.9. The summed E-state index contributed by atoms with van der Waals surface area (Å²) < 4.78 is 11.7. The summed E-state index contributed by atoms with van der Waals surface area (Å²) in [6, 6.07) is 1.26. The van der Waals surface area contributed by atoms with Crippen LogP contribution in [-0.2, 0) is 15.2 Å². The second-order valence-corrected chi connectivity index (χ2v) is 5.84. The van der Waals surface area contributed by atoms with Gasteiger partial charge in [0.1, 0.15) is 42.4 Å². The van der Waals surface area contributed by atoms with Crippen LogP contribution >= 0.6 is 0 Å². The molecule has 11 nitrogen and oxygen atoms in total. The normalized spacial score (nSPS) is 42.5. The molecule has 0 radical (unpaired) electrons. The van der Waals surface area contributed by atoms with Crippen LogP contribution in [0.5, 0.6) is 0 Å². The first kappa shape index (κ1) is 17.2. The van der Waals surface area contributed by atoms with Crippen LogP contribution in [-0.4, -0.2) is 84.9 Å². The Morgan fingerprint density at radius 3 is 2.54 bits per heavy atom. The van der Waals surface area contributed by atoms with Crippen LogP contribution in [0.4, 0.5) is 5.82 Å². The minimum atomic E-state index is -2.10. The molecule has 24 heavy (non-hydrogen) atoms. The van der Waals surface area contributed by atoms with Crippen LogP contribution in [0.1, 0.15) is 0 Å². The Balaban J connectivity index is 2.17. The Bertz CT molecular complexity index is 669. The highest BCUT2D eigenvalue weighted by Gasteiger charge is 2.64. The van der Waals surface area contributed by atoms with E-state index < -0.39 is 54.6 Å². The number of aliphatic hydroxyl groups is 5. The summed E-state index contributed by atoms with van der Waals surface area (Å²) in [6.45, 7) is -0.913. The third-order valence-corrected chi connectivity index (χ3v) is 4.41. The molecule has 2 fully saturated rings. The summed E-state index contributed by atoms with van der Waals surface area (Å²) >= 11 is 0. The molecule has 7 N–H and O–H groups in total. The van der Waals surface area contributed by atoms with Crippen LogP contribution in [0.2, 0.25) is 0 Å². The van der Waals surface area contributed by atoms with Gasteiger partial charge in [-0.1, -0.05) is 0 Å². The Kier molecular flexibility index (Phi) is 4.34. The lowest BCUT2D eigenvalue weighted by molar-refractivity contribution is -0.228. The molecule has 2 aliphatic heterocycles. The molecular weight excluding hydrogens is 326 g/mol. The molecule has 134 valence electrons. The first-order valence-electron chi connectivity index (χ1n) is 7.31. The number of nitrogen functional groups attached to an aromatic ring is 1. The van der Waals surface area contributed by atoms with Gasteiger partial charge < -0.3 is 40.7 Å². The molecule has 0 aliphatic carbocycles. The number of anilines is 1. The second kappa shape index (κ2) is 6.04. The highest BCUT2D eigenvalue weighted by Crippen LogP contribution is 2.42. The number of rotatable bonds is 3. The van der Waals surface area contributed by atoms with Crippen LogP contribution < -0.4 is 11.4 Å². The van der Waals surface area contributed by atoms with E-state index in [1.807, 2.05) is 0 Å². The van der Waals surface area contributed by atoms with Gasteiger partial charge in [0.15, 0.2) is 0 Å². The van der Waals surface area contributed by atoms with Crippen LogP contribution in [0.25, 0.3) is 0 Å². The van der Waals surface area contributed by atoms with Crippen molar-refractivity contribution in [2.24, 2.45) is 0 Å². The van der Waals surface area contributed by atoms with E-state index in [0.29, 0.717) is 0 Å². The minimum Gasteiger partial charge on any atom is -0.394 e. The van der Waals surface area contributed by atoms with E-state index in [4.69, 9.17) is 15.2 Å². The minimum absolute atomic E-state index is 0.0777. The fourth-order valence-electron chi connectivity index (χ4n) is 3.19. The average Bonchev–Trinajstić information content (AvgIpc) is 3.00. The number of nitrogens with zero attached hydrogens (tertiary/aromatic N) is 2. The summed E-state index contributed by atoms with van der Waals surface area (Å²) in [5.74, 6) is -0.0777. The van der Waals surface area contributed by atoms with E-state index in [1.165, 1.54) is 12.3 Å². The molecule has 1 aromatic heterocycles. The molecule has 0 amide bonds. The smallest absolute Gasteiger partial charge is 0.352 e. The predicted octanol–water partition coefficient (Wildman–Crippen LogP) is -4.29. The summed E-state index contributed by atoms with van der Waals surface area (Å²) in [4.78, 5) is 15.8. The van der Waals surface area contributed by atoms with Crippen molar-refractivity contribution < 1.29 is 35.0 Å². The first-order valence-corrected chi connectivity index (χ1v) is 7.31. The van der Waals surface area contributed by atoms with E-state index in [-0.39, 0.29) is 12.4 Å². The lowest BCUT2D eigenvalue weighted by atomic mass is 9.92. The van der Waals surface area contributed by atoms with Gasteiger partial charge in [-0.25, -0.2) is 4.79 Å². The maximum atomic E-state index is 12.3. The van der Waals surface area contributed by atoms with Gasteiger partial charge in [-0.05, 0) is 6.07 Å². The molecule has 7 atom stereocenters. The summed E-state index contributed by atoms with van der Waals surface area (Å²) in [6.07, 6.45) is -7.55. The Morgan fingerprint density at radius 2 is 2.04 bits per heavy atom. The van der Waals surface area contributed by atoms with Gasteiger partial charge in [0.05, 0.1) is 13.2 Å². The number of aromatic nitrogens is 2. The number of nitrogens with two attached hydrogens (primary N) is 1. The molecule has 0 bridgehead atoms. The van der Waals surface area contributed by atoms with Crippen molar-refractivity contribution in [2.75, 3.05) is 18.9 Å². The Labute approximate surface area is 135 Å². The van der Waals surface area contributed by atoms with Crippen molar-refractivity contribution in [2.45, 2.75) is 42.3 Å². The largest absolute Gasteiger partial charge is 0.394 e. The monoisotopic (exact) mass is 345 g/mol. The molecule has 1 unspecified atom stereocenters. The van der Waals surface area contributed by atoms with Crippen LogP contribution in [0.15, 0.2) is 17.1 Å². The van der Waals surface area contributed by atoms with E-state index in [2.05, 4.69) is 4.98 Å². The Hall–Kier alpha value is -1.60. The zero-order valence-corrected chi connectivity index (χ0v) is 12.5. The standard InChI is InChI=1S/C13H19N3O8/c14-7-1-2-16(12(22)15-7)13(11-8(19)5(18)4-23-11)10(21)9(20)6(3-17)24-13/h1-2,5-6,8-11,17-21H,3-4H2,(H2,14,15,22)/t5-,6-,8+,9-,10-,11?,13+/m1/s1. The topological polar surface area (TPSA) is 181 Å². The third-order valence-electron chi connectivity index (χ3n) is 4.41. The van der Waals surface area contributed by atoms with E-state index >= 15 is 0 Å². The summed E-state index contributed by atoms with van der Waals surface area (Å²) in [5.41, 5.74) is 2.43. The van der Waals surface area contributed by atoms with Gasteiger partial charge in [-0.3, -0.25) is 4.57 Å². The first-order chi connectivity index (χ1) is 11.3. The summed E-state index contributed by atoms with van der Waals surface area (Å²) in [7, 11) is 0. The number of hydrogen-bond donors (Lipinski definition) is 6.